The molecule has 0 unspecified atom stereocenters. The third-order valence-electron chi connectivity index (χ3n) is 2.94. The van der Waals surface area contributed by atoms with Crippen LogP contribution in [0.1, 0.15) is 23.2 Å². The molecule has 1 fully saturated rings. The zero-order valence-corrected chi connectivity index (χ0v) is 11.1. The van der Waals surface area contributed by atoms with Crippen LogP contribution in [0.4, 0.5) is 0 Å². The van der Waals surface area contributed by atoms with Gasteiger partial charge < -0.3 is 10.0 Å². The lowest BCUT2D eigenvalue weighted by Gasteiger charge is -2.23. The number of rotatable bonds is 2. The van der Waals surface area contributed by atoms with Crippen molar-refractivity contribution in [2.75, 3.05) is 13.2 Å². The molecule has 0 radical (unpaired) electrons. The van der Waals surface area contributed by atoms with Gasteiger partial charge in [-0.1, -0.05) is 0 Å². The van der Waals surface area contributed by atoms with Gasteiger partial charge in [0.1, 0.15) is 0 Å². The molecule has 0 saturated carbocycles. The molecule has 86 valence electrons. The van der Waals surface area contributed by atoms with Crippen molar-refractivity contribution >= 4 is 28.5 Å². The van der Waals surface area contributed by atoms with Gasteiger partial charge >= 0.3 is 0 Å². The second kappa shape index (κ2) is 5.14. The maximum absolute atomic E-state index is 12.1. The van der Waals surface area contributed by atoms with E-state index in [1.807, 2.05) is 24.3 Å². The quantitative estimate of drug-likeness (QED) is 0.841. The first kappa shape index (κ1) is 11.9. The second-order valence-electron chi connectivity index (χ2n) is 3.98. The average Bonchev–Trinajstić information content (AvgIpc) is 2.77. The van der Waals surface area contributed by atoms with E-state index in [9.17, 15) is 9.90 Å². The summed E-state index contributed by atoms with van der Waals surface area (Å²) in [5.74, 6) is 0.0351. The molecule has 1 N–H and O–H groups in total. The molecule has 2 rings (SSSR count). The first-order chi connectivity index (χ1) is 7.72. The van der Waals surface area contributed by atoms with Gasteiger partial charge in [0.15, 0.2) is 0 Å². The normalized spacial score (nSPS) is 20.1. The van der Waals surface area contributed by atoms with Gasteiger partial charge in [-0.15, -0.1) is 0 Å². The molecule has 1 amide bonds. The summed E-state index contributed by atoms with van der Waals surface area (Å²) in [5, 5.41) is 9.18. The van der Waals surface area contributed by atoms with Crippen LogP contribution >= 0.6 is 22.6 Å². The summed E-state index contributed by atoms with van der Waals surface area (Å²) in [4.78, 5) is 13.9. The molecule has 0 aliphatic carbocycles. The number of aliphatic hydroxyl groups is 1. The Morgan fingerprint density at radius 1 is 1.44 bits per heavy atom. The molecule has 3 nitrogen and oxygen atoms in total. The number of hydrogen-bond acceptors (Lipinski definition) is 2. The van der Waals surface area contributed by atoms with Crippen LogP contribution in [-0.2, 0) is 0 Å². The van der Waals surface area contributed by atoms with Gasteiger partial charge in [-0.3, -0.25) is 4.79 Å². The van der Waals surface area contributed by atoms with E-state index in [-0.39, 0.29) is 18.6 Å². The molecule has 1 aliphatic heterocycles. The van der Waals surface area contributed by atoms with E-state index < -0.39 is 0 Å². The molecule has 1 aromatic carbocycles. The van der Waals surface area contributed by atoms with E-state index in [1.54, 1.807) is 4.90 Å². The maximum Gasteiger partial charge on any atom is 0.254 e. The lowest BCUT2D eigenvalue weighted by atomic mass is 10.2. The average molecular weight is 331 g/mol. The third-order valence-corrected chi connectivity index (χ3v) is 3.66. The maximum atomic E-state index is 12.1. The third kappa shape index (κ3) is 2.38. The predicted octanol–water partition coefficient (Wildman–Crippen LogP) is 1.89. The van der Waals surface area contributed by atoms with Gasteiger partial charge in [0, 0.05) is 15.7 Å². The van der Waals surface area contributed by atoms with E-state index in [1.165, 1.54) is 0 Å². The van der Waals surface area contributed by atoms with Gasteiger partial charge in [0.05, 0.1) is 12.6 Å². The van der Waals surface area contributed by atoms with Crippen molar-refractivity contribution < 1.29 is 9.90 Å². The van der Waals surface area contributed by atoms with Gasteiger partial charge in [-0.25, -0.2) is 0 Å². The minimum absolute atomic E-state index is 0.00628. The van der Waals surface area contributed by atoms with Crippen molar-refractivity contribution in [1.82, 2.24) is 4.90 Å². The van der Waals surface area contributed by atoms with Crippen LogP contribution in [-0.4, -0.2) is 35.1 Å². The van der Waals surface area contributed by atoms with Gasteiger partial charge in [0.25, 0.3) is 5.91 Å². The first-order valence-corrected chi connectivity index (χ1v) is 6.47. The molecule has 0 aromatic heterocycles. The fourth-order valence-corrected chi connectivity index (χ4v) is 2.41. The van der Waals surface area contributed by atoms with Crippen molar-refractivity contribution in [3.05, 3.63) is 33.4 Å². The molecule has 1 heterocycles. The Kier molecular flexibility index (Phi) is 3.81. The zero-order valence-electron chi connectivity index (χ0n) is 8.90. The highest BCUT2D eigenvalue weighted by Crippen LogP contribution is 2.20. The molecule has 16 heavy (non-hydrogen) atoms. The van der Waals surface area contributed by atoms with Gasteiger partial charge in [-0.05, 0) is 59.7 Å². The van der Waals surface area contributed by atoms with Crippen LogP contribution in [0.5, 0.6) is 0 Å². The largest absolute Gasteiger partial charge is 0.394 e. The van der Waals surface area contributed by atoms with Crippen LogP contribution in [0.3, 0.4) is 0 Å². The van der Waals surface area contributed by atoms with Crippen LogP contribution in [0.25, 0.3) is 0 Å². The molecule has 1 aromatic rings. The molecule has 0 bridgehead atoms. The highest BCUT2D eigenvalue weighted by Gasteiger charge is 2.28. The highest BCUT2D eigenvalue weighted by atomic mass is 127. The van der Waals surface area contributed by atoms with Crippen LogP contribution in [0, 0.1) is 3.57 Å². The van der Waals surface area contributed by atoms with Crippen LogP contribution in [0.15, 0.2) is 24.3 Å². The first-order valence-electron chi connectivity index (χ1n) is 5.40. The number of likely N-dealkylation sites (tertiary alicyclic amines) is 1. The number of aliphatic hydroxyl groups excluding tert-OH is 1. The van der Waals surface area contributed by atoms with Gasteiger partial charge in [-0.2, -0.15) is 0 Å². The number of carbonyl (C=O) groups excluding carboxylic acids is 1. The minimum Gasteiger partial charge on any atom is -0.394 e. The predicted molar refractivity (Wildman–Crippen MR) is 70.3 cm³/mol. The molecule has 1 saturated heterocycles. The molecule has 0 spiro atoms. The number of hydrogen-bond donors (Lipinski definition) is 1. The second-order valence-corrected chi connectivity index (χ2v) is 5.23. The summed E-state index contributed by atoms with van der Waals surface area (Å²) in [6, 6.07) is 7.55. The number of benzene rings is 1. The Bertz CT molecular complexity index is 377. The van der Waals surface area contributed by atoms with Crippen LogP contribution in [0.2, 0.25) is 0 Å². The molecular weight excluding hydrogens is 317 g/mol. The molecular formula is C12H14INO2. The van der Waals surface area contributed by atoms with Crippen molar-refractivity contribution in [2.45, 2.75) is 18.9 Å². The summed E-state index contributed by atoms with van der Waals surface area (Å²) in [6.45, 7) is 0.826. The fourth-order valence-electron chi connectivity index (χ4n) is 2.05. The topological polar surface area (TPSA) is 40.5 Å². The zero-order chi connectivity index (χ0) is 11.5. The summed E-state index contributed by atoms with van der Waals surface area (Å²) >= 11 is 2.21. The van der Waals surface area contributed by atoms with Crippen molar-refractivity contribution in [3.63, 3.8) is 0 Å². The Morgan fingerprint density at radius 3 is 2.75 bits per heavy atom. The summed E-state index contributed by atoms with van der Waals surface area (Å²) in [6.07, 6.45) is 1.90. The van der Waals surface area contributed by atoms with E-state index in [2.05, 4.69) is 22.6 Å². The molecule has 1 atom stereocenters. The lowest BCUT2D eigenvalue weighted by molar-refractivity contribution is 0.0677. The molecule has 1 aliphatic rings. The lowest BCUT2D eigenvalue weighted by Crippen LogP contribution is -2.37. The van der Waals surface area contributed by atoms with Crippen molar-refractivity contribution in [2.24, 2.45) is 0 Å². The van der Waals surface area contributed by atoms with Crippen molar-refractivity contribution in [1.29, 1.82) is 0 Å². The number of carbonyl (C=O) groups is 1. The van der Waals surface area contributed by atoms with E-state index >= 15 is 0 Å². The van der Waals surface area contributed by atoms with Gasteiger partial charge in [0.2, 0.25) is 0 Å². The van der Waals surface area contributed by atoms with E-state index in [0.29, 0.717) is 5.56 Å². The SMILES string of the molecule is O=C(c1ccc(I)cc1)N1CCC[C@@H]1CO. The molecule has 4 heteroatoms. The summed E-state index contributed by atoms with van der Waals surface area (Å²) < 4.78 is 1.12. The summed E-state index contributed by atoms with van der Waals surface area (Å²) in [5.41, 5.74) is 0.709. The highest BCUT2D eigenvalue weighted by molar-refractivity contribution is 14.1. The standard InChI is InChI=1S/C12H14INO2/c13-10-5-3-9(4-6-10)12(16)14-7-1-2-11(14)8-15/h3-6,11,15H,1-2,7-8H2/t11-/m1/s1. The monoisotopic (exact) mass is 331 g/mol. The van der Waals surface area contributed by atoms with Crippen molar-refractivity contribution in [3.8, 4) is 0 Å². The number of nitrogens with zero attached hydrogens (tertiary/aromatic N) is 1. The fraction of sp³-hybridized carbons (Fsp3) is 0.417. The Labute approximate surface area is 109 Å². The van der Waals surface area contributed by atoms with Crippen LogP contribution < -0.4 is 0 Å². The number of halogens is 1. The van der Waals surface area contributed by atoms with E-state index in [0.717, 1.165) is 23.0 Å². The Morgan fingerprint density at radius 2 is 2.12 bits per heavy atom. The summed E-state index contributed by atoms with van der Waals surface area (Å²) in [7, 11) is 0. The Balaban J connectivity index is 2.15. The minimum atomic E-state index is 0.00628. The van der Waals surface area contributed by atoms with E-state index in [4.69, 9.17) is 0 Å². The Hall–Kier alpha value is -0.620. The number of amides is 1. The smallest absolute Gasteiger partial charge is 0.254 e.